The van der Waals surface area contributed by atoms with E-state index in [9.17, 15) is 23.1 Å². The van der Waals surface area contributed by atoms with Crippen LogP contribution in [0.4, 0.5) is 5.82 Å². The summed E-state index contributed by atoms with van der Waals surface area (Å²) in [5.74, 6) is -0.633. The molecule has 0 aliphatic carbocycles. The van der Waals surface area contributed by atoms with Gasteiger partial charge >= 0.3 is 5.97 Å². The number of carbonyl (C=O) groups is 2. The number of hydrogen-bond donors (Lipinski definition) is 3. The van der Waals surface area contributed by atoms with Crippen molar-refractivity contribution in [3.8, 4) is 5.75 Å². The van der Waals surface area contributed by atoms with Gasteiger partial charge in [-0.1, -0.05) is 6.07 Å². The monoisotopic (exact) mass is 504 g/mol. The molecule has 1 fully saturated rings. The Bertz CT molecular complexity index is 1350. The molecular formula is C22H24N4O6S2. The average Bonchev–Trinajstić information content (AvgIpc) is 3.22. The van der Waals surface area contributed by atoms with E-state index in [0.29, 0.717) is 52.9 Å². The molecule has 0 radical (unpaired) electrons. The summed E-state index contributed by atoms with van der Waals surface area (Å²) >= 11 is 1.26. The average molecular weight is 505 g/mol. The molecular weight excluding hydrogens is 480 g/mol. The number of rotatable bonds is 7. The molecule has 2 aromatic heterocycles. The summed E-state index contributed by atoms with van der Waals surface area (Å²) in [5.41, 5.74) is 7.20. The molecule has 180 valence electrons. The zero-order valence-corrected chi connectivity index (χ0v) is 20.0. The highest BCUT2D eigenvalue weighted by atomic mass is 32.2. The van der Waals surface area contributed by atoms with Crippen molar-refractivity contribution in [3.05, 3.63) is 52.5 Å². The van der Waals surface area contributed by atoms with E-state index < -0.39 is 16.0 Å². The quantitative estimate of drug-likeness (QED) is 0.443. The number of fused-ring (bicyclic) bond motifs is 1. The minimum atomic E-state index is -3.22. The van der Waals surface area contributed by atoms with E-state index >= 15 is 0 Å². The Morgan fingerprint density at radius 2 is 2.06 bits per heavy atom. The first kappa shape index (κ1) is 23.9. The number of nitrogens with two attached hydrogens (primary N) is 1. The number of nitrogens with one attached hydrogen (secondary N) is 1. The number of piperidine rings is 1. The van der Waals surface area contributed by atoms with Crippen LogP contribution < -0.4 is 15.8 Å². The minimum Gasteiger partial charge on any atom is -0.489 e. The molecule has 0 unspecified atom stereocenters. The SMILES string of the molecule is CS(=O)(=O)N1CCC(NC(=O)c2cccc(OCc3csc4c(C(=O)O)cnc(N)c34)c2)CC1. The third-order valence-electron chi connectivity index (χ3n) is 5.68. The van der Waals surface area contributed by atoms with E-state index in [-0.39, 0.29) is 29.9 Å². The van der Waals surface area contributed by atoms with Crippen LogP contribution in [-0.4, -0.2) is 60.1 Å². The highest BCUT2D eigenvalue weighted by Gasteiger charge is 2.26. The van der Waals surface area contributed by atoms with Crippen molar-refractivity contribution in [1.82, 2.24) is 14.6 Å². The van der Waals surface area contributed by atoms with Gasteiger partial charge in [0, 0.05) is 41.8 Å². The van der Waals surface area contributed by atoms with Gasteiger partial charge in [0.2, 0.25) is 10.0 Å². The molecule has 12 heteroatoms. The molecule has 0 saturated carbocycles. The van der Waals surface area contributed by atoms with Crippen LogP contribution in [0.5, 0.6) is 5.75 Å². The Morgan fingerprint density at radius 1 is 1.32 bits per heavy atom. The molecule has 1 aliphatic heterocycles. The van der Waals surface area contributed by atoms with Gasteiger partial charge in [-0.2, -0.15) is 0 Å². The van der Waals surface area contributed by atoms with E-state index in [1.54, 1.807) is 29.6 Å². The highest BCUT2D eigenvalue weighted by Crippen LogP contribution is 2.33. The number of aromatic carboxylic acids is 1. The molecule has 0 atom stereocenters. The van der Waals surface area contributed by atoms with Gasteiger partial charge in [0.1, 0.15) is 18.2 Å². The number of nitrogen functional groups attached to an aromatic ring is 1. The van der Waals surface area contributed by atoms with E-state index in [4.69, 9.17) is 10.5 Å². The number of carboxylic acid groups (broad SMARTS) is 1. The second-order valence-electron chi connectivity index (χ2n) is 8.05. The third kappa shape index (κ3) is 5.13. The van der Waals surface area contributed by atoms with Crippen LogP contribution in [-0.2, 0) is 16.6 Å². The van der Waals surface area contributed by atoms with Crippen LogP contribution in [0.25, 0.3) is 10.1 Å². The van der Waals surface area contributed by atoms with Crippen LogP contribution in [0.1, 0.15) is 39.1 Å². The smallest absolute Gasteiger partial charge is 0.338 e. The predicted octanol–water partition coefficient (Wildman–Crippen LogP) is 2.31. The van der Waals surface area contributed by atoms with Crippen molar-refractivity contribution in [3.63, 3.8) is 0 Å². The molecule has 1 saturated heterocycles. The van der Waals surface area contributed by atoms with E-state index in [0.717, 1.165) is 0 Å². The van der Waals surface area contributed by atoms with Crippen molar-refractivity contribution in [2.45, 2.75) is 25.5 Å². The number of thiophene rings is 1. The largest absolute Gasteiger partial charge is 0.489 e. The Kier molecular flexibility index (Phi) is 6.73. The zero-order valence-electron chi connectivity index (χ0n) is 18.4. The molecule has 4 rings (SSSR count). The lowest BCUT2D eigenvalue weighted by atomic mass is 10.1. The molecule has 4 N–H and O–H groups in total. The highest BCUT2D eigenvalue weighted by molar-refractivity contribution is 7.88. The molecule has 1 aromatic carbocycles. The number of anilines is 1. The first-order chi connectivity index (χ1) is 16.1. The first-order valence-corrected chi connectivity index (χ1v) is 13.2. The fraction of sp³-hybridized carbons (Fsp3) is 0.318. The fourth-order valence-corrected chi connectivity index (χ4v) is 5.82. The number of carbonyl (C=O) groups excluding carboxylic acids is 1. The number of benzene rings is 1. The second kappa shape index (κ2) is 9.57. The van der Waals surface area contributed by atoms with Gasteiger partial charge in [-0.25, -0.2) is 22.5 Å². The molecule has 3 aromatic rings. The van der Waals surface area contributed by atoms with Crippen molar-refractivity contribution in [1.29, 1.82) is 0 Å². The van der Waals surface area contributed by atoms with E-state index in [1.165, 1.54) is 28.1 Å². The van der Waals surface area contributed by atoms with Crippen molar-refractivity contribution >= 4 is 49.1 Å². The Balaban J connectivity index is 1.41. The molecule has 0 bridgehead atoms. The van der Waals surface area contributed by atoms with E-state index in [1.807, 2.05) is 0 Å². The van der Waals surface area contributed by atoms with Crippen LogP contribution in [0, 0.1) is 0 Å². The molecule has 1 amide bonds. The van der Waals surface area contributed by atoms with Crippen LogP contribution in [0.2, 0.25) is 0 Å². The number of hydrogen-bond acceptors (Lipinski definition) is 8. The van der Waals surface area contributed by atoms with Gasteiger partial charge in [-0.05, 0) is 36.4 Å². The fourth-order valence-electron chi connectivity index (χ4n) is 3.88. The maximum absolute atomic E-state index is 12.7. The maximum atomic E-state index is 12.7. The van der Waals surface area contributed by atoms with Crippen LogP contribution in [0.3, 0.4) is 0 Å². The first-order valence-electron chi connectivity index (χ1n) is 10.5. The summed E-state index contributed by atoms with van der Waals surface area (Å²) in [6.45, 7) is 0.885. The second-order valence-corrected chi connectivity index (χ2v) is 10.9. The Hall–Kier alpha value is -3.22. The Morgan fingerprint density at radius 3 is 2.74 bits per heavy atom. The lowest BCUT2D eigenvalue weighted by Gasteiger charge is -2.30. The van der Waals surface area contributed by atoms with Crippen molar-refractivity contribution in [2.24, 2.45) is 0 Å². The van der Waals surface area contributed by atoms with Crippen molar-refractivity contribution < 1.29 is 27.9 Å². The molecule has 3 heterocycles. The number of ether oxygens (including phenoxy) is 1. The number of aromatic nitrogens is 1. The number of amides is 1. The standard InChI is InChI=1S/C22H24N4O6S2/c1-34(30,31)26-7-5-15(6-8-26)25-21(27)13-3-2-4-16(9-13)32-11-14-12-33-19-17(22(28)29)10-24-20(23)18(14)19/h2-4,9-10,12,15H,5-8,11H2,1H3,(H2,23,24)(H,25,27)(H,28,29). The van der Waals surface area contributed by atoms with Gasteiger partial charge in [0.25, 0.3) is 5.91 Å². The molecule has 10 nitrogen and oxygen atoms in total. The summed E-state index contributed by atoms with van der Waals surface area (Å²) in [6, 6.07) is 6.63. The van der Waals surface area contributed by atoms with Crippen LogP contribution >= 0.6 is 11.3 Å². The zero-order chi connectivity index (χ0) is 24.5. The van der Waals surface area contributed by atoms with Gasteiger partial charge in [0.15, 0.2) is 0 Å². The number of pyridine rings is 1. The lowest BCUT2D eigenvalue weighted by molar-refractivity contribution is 0.0698. The van der Waals surface area contributed by atoms with Gasteiger partial charge in [-0.15, -0.1) is 11.3 Å². The normalized spacial score (nSPS) is 15.3. The summed E-state index contributed by atoms with van der Waals surface area (Å²) in [7, 11) is -3.22. The van der Waals surface area contributed by atoms with Crippen molar-refractivity contribution in [2.75, 3.05) is 25.1 Å². The molecule has 34 heavy (non-hydrogen) atoms. The minimum absolute atomic E-state index is 0.0847. The summed E-state index contributed by atoms with van der Waals surface area (Å²) in [5, 5.41) is 14.7. The van der Waals surface area contributed by atoms with Gasteiger partial charge in [-0.3, -0.25) is 4.79 Å². The van der Waals surface area contributed by atoms with Crippen LogP contribution in [0.15, 0.2) is 35.8 Å². The topological polar surface area (TPSA) is 152 Å². The number of carboxylic acids is 1. The molecule has 1 aliphatic rings. The van der Waals surface area contributed by atoms with E-state index in [2.05, 4.69) is 10.3 Å². The summed E-state index contributed by atoms with van der Waals surface area (Å²) in [6.07, 6.45) is 3.53. The summed E-state index contributed by atoms with van der Waals surface area (Å²) in [4.78, 5) is 28.2. The third-order valence-corrected chi connectivity index (χ3v) is 8.05. The summed E-state index contributed by atoms with van der Waals surface area (Å²) < 4.78 is 31.1. The lowest BCUT2D eigenvalue weighted by Crippen LogP contribution is -2.46. The Labute approximate surface area is 200 Å². The number of nitrogens with zero attached hydrogens (tertiary/aromatic N) is 2. The number of sulfonamides is 1. The van der Waals surface area contributed by atoms with Gasteiger partial charge < -0.3 is 20.9 Å². The maximum Gasteiger partial charge on any atom is 0.338 e. The van der Waals surface area contributed by atoms with Gasteiger partial charge in [0.05, 0.1) is 16.5 Å². The predicted molar refractivity (Wildman–Crippen MR) is 129 cm³/mol. The molecule has 0 spiro atoms.